The van der Waals surface area contributed by atoms with Crippen LogP contribution >= 0.6 is 0 Å². The number of alkyl halides is 3. The number of hydrogen-bond donors (Lipinski definition) is 1. The average molecular weight is 412 g/mol. The summed E-state index contributed by atoms with van der Waals surface area (Å²) in [4.78, 5) is 0. The molecule has 4 rings (SSSR count). The molecule has 0 saturated carbocycles. The molecule has 1 aromatic heterocycles. The first-order valence-corrected chi connectivity index (χ1v) is 9.31. The number of aliphatic hydroxyl groups is 1. The molecular weight excluding hydrogens is 393 g/mol. The number of halogens is 3. The molecule has 0 fully saturated rings. The highest BCUT2D eigenvalue weighted by Crippen LogP contribution is 2.40. The number of aromatic nitrogens is 2. The number of para-hydroxylation sites is 2. The summed E-state index contributed by atoms with van der Waals surface area (Å²) in [5, 5.41) is 15.4. The molecule has 4 aromatic rings. The van der Waals surface area contributed by atoms with Gasteiger partial charge in [0.1, 0.15) is 12.4 Å². The molecule has 30 heavy (non-hydrogen) atoms. The van der Waals surface area contributed by atoms with E-state index in [1.807, 2.05) is 30.3 Å². The van der Waals surface area contributed by atoms with Gasteiger partial charge < -0.3 is 9.84 Å². The Bertz CT molecular complexity index is 1170. The molecule has 0 saturated heterocycles. The fourth-order valence-electron chi connectivity index (χ4n) is 3.29. The van der Waals surface area contributed by atoms with E-state index in [4.69, 9.17) is 4.74 Å². The maximum absolute atomic E-state index is 13.9. The van der Waals surface area contributed by atoms with Crippen molar-refractivity contribution in [1.29, 1.82) is 0 Å². The molecule has 0 amide bonds. The maximum atomic E-state index is 13.9. The maximum Gasteiger partial charge on any atom is 0.424 e. The van der Waals surface area contributed by atoms with E-state index in [1.54, 1.807) is 35.9 Å². The standard InChI is InChI=1S/C23H19F3N2O2/c1-16-7-5-6-10-21(16)30-15-22(29,23(24,25)26)18-11-12-20-17(13-18)14-27-28(20)19-8-3-2-4-9-19/h2-14,29H,15H2,1H3. The highest BCUT2D eigenvalue weighted by Gasteiger charge is 2.56. The second-order valence-corrected chi connectivity index (χ2v) is 7.08. The van der Waals surface area contributed by atoms with Crippen molar-refractivity contribution in [2.75, 3.05) is 6.61 Å². The van der Waals surface area contributed by atoms with Crippen LogP contribution in [-0.2, 0) is 5.60 Å². The van der Waals surface area contributed by atoms with Crippen molar-refractivity contribution in [1.82, 2.24) is 9.78 Å². The second-order valence-electron chi connectivity index (χ2n) is 7.08. The molecule has 4 nitrogen and oxygen atoms in total. The first-order chi connectivity index (χ1) is 14.3. The van der Waals surface area contributed by atoms with Gasteiger partial charge in [-0.05, 0) is 48.4 Å². The van der Waals surface area contributed by atoms with E-state index in [1.165, 1.54) is 24.4 Å². The number of fused-ring (bicyclic) bond motifs is 1. The van der Waals surface area contributed by atoms with Crippen LogP contribution in [0.2, 0.25) is 0 Å². The SMILES string of the molecule is Cc1ccccc1OCC(O)(c1ccc2c(cnn2-c2ccccc2)c1)C(F)(F)F. The normalized spacial score (nSPS) is 13.9. The molecule has 0 bridgehead atoms. The third-order valence-corrected chi connectivity index (χ3v) is 5.05. The van der Waals surface area contributed by atoms with Crippen molar-refractivity contribution in [3.05, 3.63) is 90.1 Å². The average Bonchev–Trinajstić information content (AvgIpc) is 3.16. The topological polar surface area (TPSA) is 47.3 Å². The van der Waals surface area contributed by atoms with E-state index in [9.17, 15) is 18.3 Å². The van der Waals surface area contributed by atoms with E-state index in [-0.39, 0.29) is 11.3 Å². The summed E-state index contributed by atoms with van der Waals surface area (Å²) in [7, 11) is 0. The molecule has 7 heteroatoms. The third kappa shape index (κ3) is 3.52. The minimum absolute atomic E-state index is 0.290. The number of hydrogen-bond acceptors (Lipinski definition) is 3. The molecule has 1 unspecified atom stereocenters. The predicted molar refractivity (Wildman–Crippen MR) is 108 cm³/mol. The number of benzene rings is 3. The van der Waals surface area contributed by atoms with Gasteiger partial charge in [0.2, 0.25) is 5.60 Å². The number of rotatable bonds is 5. The summed E-state index contributed by atoms with van der Waals surface area (Å²) >= 11 is 0. The monoisotopic (exact) mass is 412 g/mol. The highest BCUT2D eigenvalue weighted by molar-refractivity contribution is 5.81. The van der Waals surface area contributed by atoms with Crippen molar-refractivity contribution < 1.29 is 23.0 Å². The minimum atomic E-state index is -4.93. The van der Waals surface area contributed by atoms with Crippen LogP contribution in [0.1, 0.15) is 11.1 Å². The van der Waals surface area contributed by atoms with Gasteiger partial charge in [-0.2, -0.15) is 18.3 Å². The van der Waals surface area contributed by atoms with Crippen LogP contribution in [-0.4, -0.2) is 27.7 Å². The number of nitrogens with zero attached hydrogens (tertiary/aromatic N) is 2. The van der Waals surface area contributed by atoms with E-state index < -0.39 is 18.4 Å². The second kappa shape index (κ2) is 7.50. The summed E-state index contributed by atoms with van der Waals surface area (Å²) in [6.45, 7) is 0.770. The quantitative estimate of drug-likeness (QED) is 0.492. The Morgan fingerprint density at radius 3 is 2.37 bits per heavy atom. The van der Waals surface area contributed by atoms with Gasteiger partial charge in [0.05, 0.1) is 17.4 Å². The van der Waals surface area contributed by atoms with Crippen LogP contribution in [0.25, 0.3) is 16.6 Å². The molecule has 154 valence electrons. The fraction of sp³-hybridized carbons (Fsp3) is 0.174. The van der Waals surface area contributed by atoms with Crippen LogP contribution in [0.15, 0.2) is 79.0 Å². The largest absolute Gasteiger partial charge is 0.490 e. The first kappa shape index (κ1) is 20.0. The highest BCUT2D eigenvalue weighted by atomic mass is 19.4. The lowest BCUT2D eigenvalue weighted by Gasteiger charge is -2.31. The van der Waals surface area contributed by atoms with Crippen LogP contribution in [0.3, 0.4) is 0 Å². The number of aryl methyl sites for hydroxylation is 1. The van der Waals surface area contributed by atoms with Crippen LogP contribution in [0.5, 0.6) is 5.75 Å². The van der Waals surface area contributed by atoms with Crippen molar-refractivity contribution >= 4 is 10.9 Å². The Kier molecular flexibility index (Phi) is 4.99. The van der Waals surface area contributed by atoms with Crippen molar-refractivity contribution in [3.63, 3.8) is 0 Å². The number of ether oxygens (including phenoxy) is 1. The van der Waals surface area contributed by atoms with Gasteiger partial charge in [-0.15, -0.1) is 0 Å². The van der Waals surface area contributed by atoms with Crippen molar-refractivity contribution in [2.45, 2.75) is 18.7 Å². The molecule has 1 atom stereocenters. The third-order valence-electron chi connectivity index (χ3n) is 5.05. The van der Waals surface area contributed by atoms with Crippen LogP contribution < -0.4 is 4.74 Å². The smallest absolute Gasteiger partial charge is 0.424 e. The van der Waals surface area contributed by atoms with Gasteiger partial charge in [0.25, 0.3) is 0 Å². The summed E-state index contributed by atoms with van der Waals surface area (Å²) in [6, 6.07) is 20.1. The zero-order chi connectivity index (χ0) is 21.4. The Morgan fingerprint density at radius 1 is 0.967 bits per heavy atom. The Balaban J connectivity index is 1.71. The van der Waals surface area contributed by atoms with E-state index in [0.717, 1.165) is 5.69 Å². The molecule has 0 aliphatic rings. The molecule has 0 spiro atoms. The van der Waals surface area contributed by atoms with E-state index in [2.05, 4.69) is 5.10 Å². The first-order valence-electron chi connectivity index (χ1n) is 9.31. The summed E-state index contributed by atoms with van der Waals surface area (Å²) < 4.78 is 48.8. The van der Waals surface area contributed by atoms with E-state index in [0.29, 0.717) is 16.5 Å². The molecule has 1 N–H and O–H groups in total. The lowest BCUT2D eigenvalue weighted by Crippen LogP contribution is -2.47. The zero-order valence-electron chi connectivity index (χ0n) is 16.1. The summed E-state index contributed by atoms with van der Waals surface area (Å²) in [5.74, 6) is 0.290. The van der Waals surface area contributed by atoms with Gasteiger partial charge >= 0.3 is 6.18 Å². The van der Waals surface area contributed by atoms with Gasteiger partial charge in [0, 0.05) is 5.39 Å². The Hall–Kier alpha value is -3.32. The Labute approximate surface area is 171 Å². The summed E-state index contributed by atoms with van der Waals surface area (Å²) in [5.41, 5.74) is -1.37. The van der Waals surface area contributed by atoms with E-state index >= 15 is 0 Å². The molecule has 0 aliphatic heterocycles. The van der Waals surface area contributed by atoms with Crippen molar-refractivity contribution in [2.24, 2.45) is 0 Å². The van der Waals surface area contributed by atoms with Crippen LogP contribution in [0, 0.1) is 6.92 Å². The Morgan fingerprint density at radius 2 is 1.67 bits per heavy atom. The molecule has 0 radical (unpaired) electrons. The van der Waals surface area contributed by atoms with Gasteiger partial charge in [0.15, 0.2) is 0 Å². The minimum Gasteiger partial charge on any atom is -0.490 e. The van der Waals surface area contributed by atoms with Gasteiger partial charge in [-0.1, -0.05) is 42.5 Å². The molecule has 0 aliphatic carbocycles. The fourth-order valence-corrected chi connectivity index (χ4v) is 3.29. The summed E-state index contributed by atoms with van der Waals surface area (Å²) in [6.07, 6.45) is -3.45. The van der Waals surface area contributed by atoms with Gasteiger partial charge in [-0.25, -0.2) is 4.68 Å². The predicted octanol–water partition coefficient (Wildman–Crippen LogP) is 5.16. The van der Waals surface area contributed by atoms with Crippen molar-refractivity contribution in [3.8, 4) is 11.4 Å². The van der Waals surface area contributed by atoms with Gasteiger partial charge in [-0.3, -0.25) is 0 Å². The zero-order valence-corrected chi connectivity index (χ0v) is 16.1. The molecule has 3 aromatic carbocycles. The lowest BCUT2D eigenvalue weighted by atomic mass is 9.93. The molecule has 1 heterocycles. The lowest BCUT2D eigenvalue weighted by molar-refractivity contribution is -0.275. The molecular formula is C23H19F3N2O2. The van der Waals surface area contributed by atoms with Crippen LogP contribution in [0.4, 0.5) is 13.2 Å².